The highest BCUT2D eigenvalue weighted by Crippen LogP contribution is 2.61. The van der Waals surface area contributed by atoms with Crippen LogP contribution in [0.3, 0.4) is 0 Å². The number of carbonyl (C=O) groups is 5. The molecule has 2 aromatic rings. The molecule has 27 nitrogen and oxygen atoms in total. The number of phosphoric acid groups is 3. The van der Waals surface area contributed by atoms with Crippen LogP contribution in [0.5, 0.6) is 0 Å². The molecule has 3 rings (SSSR count). The number of aliphatic hydroxyl groups excluding tert-OH is 2. The second-order valence-corrected chi connectivity index (χ2v) is 18.6. The molecule has 2 unspecified atom stereocenters. The van der Waals surface area contributed by atoms with E-state index < -0.39 is 89.7 Å². The van der Waals surface area contributed by atoms with E-state index in [0.717, 1.165) is 29.0 Å². The van der Waals surface area contributed by atoms with E-state index in [1.54, 1.807) is 0 Å². The van der Waals surface area contributed by atoms with Gasteiger partial charge in [0, 0.05) is 50.6 Å². The number of nitrogens with two attached hydrogens (primary N) is 1. The Morgan fingerprint density at radius 1 is 0.983 bits per heavy atom. The number of rotatable bonds is 24. The molecule has 11 N–H and O–H groups in total. The Balaban J connectivity index is 1.44. The van der Waals surface area contributed by atoms with Crippen LogP contribution in [0.1, 0.15) is 46.3 Å². The molecule has 59 heavy (non-hydrogen) atoms. The molecule has 3 amide bonds. The number of ketones is 1. The van der Waals surface area contributed by atoms with Crippen molar-refractivity contribution in [2.24, 2.45) is 5.41 Å². The number of ether oxygens (including phenoxy) is 1. The quantitative estimate of drug-likeness (QED) is 0.0314. The third kappa shape index (κ3) is 16.2. The molecule has 0 bridgehead atoms. The number of carbonyl (C=O) groups excluding carboxylic acids is 5. The normalized spacial score (nSPS) is 21.0. The van der Waals surface area contributed by atoms with Gasteiger partial charge < -0.3 is 56.2 Å². The molecular weight excluding hydrogens is 877 g/mol. The molecule has 0 saturated carbocycles. The Bertz CT molecular complexity index is 1980. The van der Waals surface area contributed by atoms with E-state index in [2.05, 4.69) is 39.7 Å². The van der Waals surface area contributed by atoms with Crippen LogP contribution < -0.4 is 21.7 Å². The summed E-state index contributed by atoms with van der Waals surface area (Å²) < 4.78 is 62.0. The Labute approximate surface area is 338 Å². The highest BCUT2D eigenvalue weighted by Gasteiger charge is 2.50. The van der Waals surface area contributed by atoms with Gasteiger partial charge in [-0.25, -0.2) is 28.6 Å². The molecule has 1 aliphatic rings. The zero-order chi connectivity index (χ0) is 44.3. The lowest BCUT2D eigenvalue weighted by atomic mass is 9.87. The van der Waals surface area contributed by atoms with Crippen molar-refractivity contribution >= 4 is 80.8 Å². The first-order valence-electron chi connectivity index (χ1n) is 17.1. The smallest absolute Gasteiger partial charge is 0.386 e. The van der Waals surface area contributed by atoms with Crippen molar-refractivity contribution < 1.29 is 90.1 Å². The van der Waals surface area contributed by atoms with Crippen LogP contribution in [0.2, 0.25) is 0 Å². The fourth-order valence-corrected chi connectivity index (χ4v) is 8.50. The molecule has 0 aromatic carbocycles. The molecule has 0 aliphatic carbocycles. The minimum absolute atomic E-state index is 0.00585. The fraction of sp³-hybridized carbons (Fsp3) is 0.643. The number of aromatic nitrogens is 4. The monoisotopic (exact) mass is 922 g/mol. The van der Waals surface area contributed by atoms with Crippen LogP contribution in [0.4, 0.5) is 5.82 Å². The number of nitrogens with one attached hydrogen (secondary N) is 3. The number of anilines is 1. The zero-order valence-corrected chi connectivity index (χ0v) is 35.0. The van der Waals surface area contributed by atoms with Crippen molar-refractivity contribution in [2.75, 3.05) is 44.3 Å². The highest BCUT2D eigenvalue weighted by atomic mass is 32.2. The van der Waals surface area contributed by atoms with Gasteiger partial charge in [0.15, 0.2) is 22.8 Å². The Morgan fingerprint density at radius 2 is 1.64 bits per heavy atom. The Hall–Kier alpha value is -3.30. The lowest BCUT2D eigenvalue weighted by molar-refractivity contribution is -0.137. The van der Waals surface area contributed by atoms with Crippen LogP contribution >= 0.6 is 35.2 Å². The number of aliphatic hydroxyl groups is 2. The molecule has 2 aromatic heterocycles. The van der Waals surface area contributed by atoms with E-state index in [-0.39, 0.29) is 73.3 Å². The van der Waals surface area contributed by atoms with Gasteiger partial charge in [-0.15, -0.1) is 0 Å². The number of fused-ring (bicyclic) bond motifs is 1. The lowest BCUT2D eigenvalue weighted by Crippen LogP contribution is -2.46. The summed E-state index contributed by atoms with van der Waals surface area (Å²) >= 11 is 0.830. The molecule has 1 aliphatic heterocycles. The molecule has 332 valence electrons. The van der Waals surface area contributed by atoms with E-state index in [9.17, 15) is 67.5 Å². The summed E-state index contributed by atoms with van der Waals surface area (Å²) in [5.41, 5.74) is 4.19. The number of phosphoric ester groups is 3. The molecule has 31 heteroatoms. The number of thioether (sulfide) groups is 1. The van der Waals surface area contributed by atoms with Crippen molar-refractivity contribution in [3.63, 3.8) is 0 Å². The van der Waals surface area contributed by atoms with Crippen molar-refractivity contribution in [1.82, 2.24) is 35.5 Å². The van der Waals surface area contributed by atoms with Crippen molar-refractivity contribution in [1.29, 1.82) is 0 Å². The number of Topliss-reactive ketones (excluding diaryl/α,β-unsaturated/α-hetero) is 1. The van der Waals surface area contributed by atoms with Crippen molar-refractivity contribution in [3.05, 3.63) is 12.7 Å². The SMILES string of the molecule is CC(=O)NCCC(=O)CC(=O)SCCNC(=O)CCNC(=O)[C@H](O)C(C)(C)COP(=O)(O)OP(=O)(O)OC[C@H]1O[C@@H](n2cnc3c(N)ncnc32)[C@H](O)[C@@H]1OP(=O)(O)O. The minimum Gasteiger partial charge on any atom is -0.386 e. The topological polar surface area (TPSA) is 410 Å². The summed E-state index contributed by atoms with van der Waals surface area (Å²) in [7, 11) is -16.5. The van der Waals surface area contributed by atoms with Gasteiger partial charge in [0.25, 0.3) is 0 Å². The van der Waals surface area contributed by atoms with Gasteiger partial charge in [0.1, 0.15) is 42.0 Å². The summed E-state index contributed by atoms with van der Waals surface area (Å²) in [4.78, 5) is 110. The Kier molecular flexibility index (Phi) is 18.2. The van der Waals surface area contributed by atoms with Gasteiger partial charge in [-0.05, 0) is 0 Å². The number of amides is 3. The van der Waals surface area contributed by atoms with Gasteiger partial charge >= 0.3 is 23.5 Å². The summed E-state index contributed by atoms with van der Waals surface area (Å²) in [6.45, 7) is 1.59. The van der Waals surface area contributed by atoms with Crippen LogP contribution in [-0.4, -0.2) is 141 Å². The fourth-order valence-electron chi connectivity index (χ4n) is 4.97. The molecule has 0 spiro atoms. The number of nitrogens with zero attached hydrogens (tertiary/aromatic N) is 4. The second kappa shape index (κ2) is 21.5. The van der Waals surface area contributed by atoms with E-state index in [1.807, 2.05) is 0 Å². The predicted octanol–water partition coefficient (Wildman–Crippen LogP) is -1.85. The minimum atomic E-state index is -5.59. The van der Waals surface area contributed by atoms with Crippen molar-refractivity contribution in [3.8, 4) is 0 Å². The lowest BCUT2D eigenvalue weighted by Gasteiger charge is -2.30. The van der Waals surface area contributed by atoms with Gasteiger partial charge in [-0.1, -0.05) is 25.6 Å². The van der Waals surface area contributed by atoms with Gasteiger partial charge in [0.05, 0.1) is 26.0 Å². The van der Waals surface area contributed by atoms with Gasteiger partial charge in [-0.2, -0.15) is 4.31 Å². The average Bonchev–Trinajstić information content (AvgIpc) is 3.67. The molecule has 7 atom stereocenters. The van der Waals surface area contributed by atoms with E-state index in [4.69, 9.17) is 19.5 Å². The van der Waals surface area contributed by atoms with Crippen LogP contribution in [-0.2, 0) is 60.3 Å². The largest absolute Gasteiger partial charge is 0.481 e. The first-order chi connectivity index (χ1) is 27.3. The van der Waals surface area contributed by atoms with Crippen molar-refractivity contribution in [2.45, 2.75) is 70.7 Å². The van der Waals surface area contributed by atoms with Gasteiger partial charge in [-0.3, -0.25) is 42.1 Å². The first-order valence-corrected chi connectivity index (χ1v) is 22.6. The first kappa shape index (κ1) is 50.1. The van der Waals surface area contributed by atoms with Crippen LogP contribution in [0, 0.1) is 5.41 Å². The van der Waals surface area contributed by atoms with Gasteiger partial charge in [0.2, 0.25) is 17.7 Å². The number of hydrogen-bond donors (Lipinski definition) is 10. The zero-order valence-electron chi connectivity index (χ0n) is 31.5. The maximum atomic E-state index is 12.7. The molecule has 1 fully saturated rings. The van der Waals surface area contributed by atoms with Crippen LogP contribution in [0.25, 0.3) is 11.2 Å². The number of imidazole rings is 1. The molecule has 3 heterocycles. The molecular formula is C28H45N8O19P3S. The second-order valence-electron chi connectivity index (χ2n) is 13.2. The maximum absolute atomic E-state index is 12.7. The Morgan fingerprint density at radius 3 is 2.31 bits per heavy atom. The van der Waals surface area contributed by atoms with E-state index >= 15 is 0 Å². The third-order valence-corrected chi connectivity index (χ3v) is 11.9. The standard InChI is InChI=1S/C28H45N8O19P3S/c1-15(37)30-6-4-16(38)10-19(40)59-9-8-31-18(39)5-7-32-26(43)23(42)28(2,3)12-52-58(49,50)55-57(47,48)51-11-17-22(54-56(44,45)46)21(41)27(53-17)36-14-35-20-24(29)33-13-34-25(20)36/h13-14,17,21-23,27,41-42H,4-12H2,1-3H3,(H,30,37)(H,31,39)(H,32,43)(H,47,48)(H,49,50)(H2,29,33,34)(H2,44,45,46)/t17-,21-,22-,23+,27-/m1/s1. The van der Waals surface area contributed by atoms with E-state index in [0.29, 0.717) is 0 Å². The number of hydrogen-bond acceptors (Lipinski definition) is 20. The summed E-state index contributed by atoms with van der Waals surface area (Å²) in [5.74, 6) is -2.09. The molecule has 0 radical (unpaired) electrons. The molecule has 1 saturated heterocycles. The number of nitrogen functional groups attached to an aromatic ring is 1. The summed E-state index contributed by atoms with van der Waals surface area (Å²) in [6, 6.07) is 0. The van der Waals surface area contributed by atoms with E-state index in [1.165, 1.54) is 20.8 Å². The average molecular weight is 923 g/mol. The summed E-state index contributed by atoms with van der Waals surface area (Å²) in [5, 5.41) is 28.3. The maximum Gasteiger partial charge on any atom is 0.481 e. The highest BCUT2D eigenvalue weighted by molar-refractivity contribution is 8.13. The third-order valence-electron chi connectivity index (χ3n) is 7.88. The summed E-state index contributed by atoms with van der Waals surface area (Å²) in [6.07, 6.45) is -7.45. The predicted molar refractivity (Wildman–Crippen MR) is 200 cm³/mol. The van der Waals surface area contributed by atoms with Crippen LogP contribution in [0.15, 0.2) is 12.7 Å².